The number of hydrogen-bond donors (Lipinski definition) is 0. The number of rotatable bonds is 4. The molecule has 1 aromatic heterocycles. The fourth-order valence-corrected chi connectivity index (χ4v) is 4.82. The Morgan fingerprint density at radius 3 is 2.62 bits per heavy atom. The van der Waals surface area contributed by atoms with Gasteiger partial charge >= 0.3 is 5.97 Å². The van der Waals surface area contributed by atoms with E-state index in [-0.39, 0.29) is 18.2 Å². The van der Waals surface area contributed by atoms with E-state index >= 15 is 0 Å². The summed E-state index contributed by atoms with van der Waals surface area (Å²) in [5.41, 5.74) is 2.22. The van der Waals surface area contributed by atoms with E-state index in [1.54, 1.807) is 24.3 Å². The predicted octanol–water partition coefficient (Wildman–Crippen LogP) is 2.69. The summed E-state index contributed by atoms with van der Waals surface area (Å²) in [6.07, 6.45) is 3.87. The zero-order chi connectivity index (χ0) is 22.1. The molecule has 1 amide bonds. The number of anilines is 1. The van der Waals surface area contributed by atoms with Gasteiger partial charge in [0.05, 0.1) is 17.2 Å². The molecule has 2 aromatic carbocycles. The number of benzene rings is 2. The summed E-state index contributed by atoms with van der Waals surface area (Å²) in [7, 11) is 0. The van der Waals surface area contributed by atoms with Gasteiger partial charge in [-0.25, -0.2) is 0 Å². The van der Waals surface area contributed by atoms with Gasteiger partial charge in [0.15, 0.2) is 6.73 Å². The minimum Gasteiger partial charge on any atom is -0.442 e. The number of esters is 1. The molecule has 1 fully saturated rings. The molecule has 1 aliphatic carbocycles. The maximum absolute atomic E-state index is 13.4. The van der Waals surface area contributed by atoms with Crippen LogP contribution in [0.4, 0.5) is 5.69 Å². The van der Waals surface area contributed by atoms with E-state index in [2.05, 4.69) is 10.3 Å². The third-order valence-corrected chi connectivity index (χ3v) is 6.50. The summed E-state index contributed by atoms with van der Waals surface area (Å²) < 4.78 is 6.50. The van der Waals surface area contributed by atoms with E-state index in [0.29, 0.717) is 30.3 Å². The Balaban J connectivity index is 1.31. The first-order chi connectivity index (χ1) is 15.6. The van der Waals surface area contributed by atoms with Gasteiger partial charge in [-0.1, -0.05) is 48.4 Å². The first kappa shape index (κ1) is 20.4. The van der Waals surface area contributed by atoms with Crippen molar-refractivity contribution >= 4 is 28.5 Å². The maximum Gasteiger partial charge on any atom is 0.311 e. The Hall–Kier alpha value is -3.55. The van der Waals surface area contributed by atoms with Crippen LogP contribution in [0.15, 0.2) is 53.3 Å². The SMILES string of the molecule is O=C(OCn1nnc2ccccc2c1=O)[C@H]1CCCC[C@H]1C(=O)N1CCc2ccccc21. The Bertz CT molecular complexity index is 1240. The van der Waals surface area contributed by atoms with E-state index in [1.807, 2.05) is 29.2 Å². The summed E-state index contributed by atoms with van der Waals surface area (Å²) in [4.78, 5) is 40.8. The minimum atomic E-state index is -0.520. The van der Waals surface area contributed by atoms with Crippen LogP contribution in [-0.4, -0.2) is 33.4 Å². The van der Waals surface area contributed by atoms with Gasteiger partial charge in [0.25, 0.3) is 5.56 Å². The highest BCUT2D eigenvalue weighted by Gasteiger charge is 2.40. The molecule has 1 saturated carbocycles. The van der Waals surface area contributed by atoms with E-state index in [0.717, 1.165) is 35.2 Å². The van der Waals surface area contributed by atoms with Gasteiger partial charge in [0.2, 0.25) is 5.91 Å². The number of carbonyl (C=O) groups excluding carboxylic acids is 2. The molecule has 32 heavy (non-hydrogen) atoms. The summed E-state index contributed by atoms with van der Waals surface area (Å²) in [6.45, 7) is 0.317. The highest BCUT2D eigenvalue weighted by molar-refractivity contribution is 5.99. The van der Waals surface area contributed by atoms with Crippen molar-refractivity contribution in [1.82, 2.24) is 15.0 Å². The van der Waals surface area contributed by atoms with Crippen LogP contribution in [0.2, 0.25) is 0 Å². The molecular weight excluding hydrogens is 408 g/mol. The van der Waals surface area contributed by atoms with Crippen LogP contribution in [0.1, 0.15) is 31.2 Å². The monoisotopic (exact) mass is 432 g/mol. The van der Waals surface area contributed by atoms with Gasteiger partial charge < -0.3 is 9.64 Å². The topological polar surface area (TPSA) is 94.4 Å². The first-order valence-electron chi connectivity index (χ1n) is 11.0. The Kier molecular flexibility index (Phi) is 5.43. The highest BCUT2D eigenvalue weighted by Crippen LogP contribution is 2.36. The number of ether oxygens (including phenoxy) is 1. The molecule has 3 aromatic rings. The van der Waals surface area contributed by atoms with Crippen LogP contribution >= 0.6 is 0 Å². The van der Waals surface area contributed by atoms with E-state index in [4.69, 9.17) is 4.74 Å². The zero-order valence-electron chi connectivity index (χ0n) is 17.6. The largest absolute Gasteiger partial charge is 0.442 e. The normalized spacial score (nSPS) is 20.2. The third-order valence-electron chi connectivity index (χ3n) is 6.50. The average Bonchev–Trinajstić information content (AvgIpc) is 3.27. The van der Waals surface area contributed by atoms with Crippen LogP contribution in [0.25, 0.3) is 10.9 Å². The van der Waals surface area contributed by atoms with Gasteiger partial charge in [-0.2, -0.15) is 4.68 Å². The quantitative estimate of drug-likeness (QED) is 0.589. The van der Waals surface area contributed by atoms with Crippen LogP contribution in [0, 0.1) is 11.8 Å². The van der Waals surface area contributed by atoms with Gasteiger partial charge in [0.1, 0.15) is 5.52 Å². The second-order valence-corrected chi connectivity index (χ2v) is 8.37. The Morgan fingerprint density at radius 1 is 1.00 bits per heavy atom. The molecule has 0 saturated heterocycles. The number of nitrogens with zero attached hydrogens (tertiary/aromatic N) is 4. The smallest absolute Gasteiger partial charge is 0.311 e. The van der Waals surface area contributed by atoms with Crippen molar-refractivity contribution in [2.45, 2.75) is 38.8 Å². The fraction of sp³-hybridized carbons (Fsp3) is 0.375. The van der Waals surface area contributed by atoms with Crippen molar-refractivity contribution in [1.29, 1.82) is 0 Å². The average molecular weight is 432 g/mol. The molecular formula is C24H24N4O4. The molecule has 164 valence electrons. The number of para-hydroxylation sites is 1. The second kappa shape index (κ2) is 8.53. The molecule has 0 N–H and O–H groups in total. The molecule has 2 aliphatic rings. The molecule has 0 spiro atoms. The Morgan fingerprint density at radius 2 is 1.75 bits per heavy atom. The molecule has 2 heterocycles. The predicted molar refractivity (Wildman–Crippen MR) is 118 cm³/mol. The van der Waals surface area contributed by atoms with Crippen LogP contribution in [0.5, 0.6) is 0 Å². The van der Waals surface area contributed by atoms with Gasteiger partial charge in [0, 0.05) is 12.2 Å². The number of aromatic nitrogens is 3. The number of amides is 1. The lowest BCUT2D eigenvalue weighted by Crippen LogP contribution is -2.42. The standard InChI is InChI=1S/C24H24N4O4/c29-22(27-14-13-16-7-1-6-12-21(16)27)17-8-2-3-9-18(17)24(31)32-15-28-23(30)19-10-4-5-11-20(19)25-26-28/h1,4-7,10-12,17-18H,2-3,8-9,13-15H2/t17-,18+/m1/s1. The van der Waals surface area contributed by atoms with Gasteiger partial charge in [-0.15, -0.1) is 5.10 Å². The van der Waals surface area contributed by atoms with Crippen LogP contribution in [-0.2, 0) is 27.5 Å². The van der Waals surface area contributed by atoms with Crippen molar-refractivity contribution in [2.24, 2.45) is 11.8 Å². The molecule has 0 bridgehead atoms. The lowest BCUT2D eigenvalue weighted by atomic mass is 9.78. The van der Waals surface area contributed by atoms with E-state index in [9.17, 15) is 14.4 Å². The third kappa shape index (κ3) is 3.66. The molecule has 0 unspecified atom stereocenters. The number of carbonyl (C=O) groups is 2. The zero-order valence-corrected chi connectivity index (χ0v) is 17.6. The lowest BCUT2D eigenvalue weighted by molar-refractivity contribution is -0.158. The highest BCUT2D eigenvalue weighted by atomic mass is 16.5. The fourth-order valence-electron chi connectivity index (χ4n) is 4.82. The number of fused-ring (bicyclic) bond motifs is 2. The summed E-state index contributed by atoms with van der Waals surface area (Å²) in [5, 5.41) is 8.29. The first-order valence-corrected chi connectivity index (χ1v) is 11.0. The van der Waals surface area contributed by atoms with Crippen LogP contribution in [0.3, 0.4) is 0 Å². The summed E-state index contributed by atoms with van der Waals surface area (Å²) in [5.74, 6) is -1.41. The van der Waals surface area contributed by atoms with Gasteiger partial charge in [-0.3, -0.25) is 14.4 Å². The second-order valence-electron chi connectivity index (χ2n) is 8.37. The van der Waals surface area contributed by atoms with Crippen LogP contribution < -0.4 is 10.5 Å². The Labute approximate surface area is 184 Å². The lowest BCUT2D eigenvalue weighted by Gasteiger charge is -2.32. The van der Waals surface area contributed by atoms with Crippen molar-refractivity contribution in [2.75, 3.05) is 11.4 Å². The number of hydrogen-bond acceptors (Lipinski definition) is 6. The maximum atomic E-state index is 13.4. The molecule has 1 aliphatic heterocycles. The van der Waals surface area contributed by atoms with E-state index < -0.39 is 17.8 Å². The van der Waals surface area contributed by atoms with Crippen molar-refractivity contribution in [3.8, 4) is 0 Å². The molecule has 8 nitrogen and oxygen atoms in total. The minimum absolute atomic E-state index is 0.0146. The van der Waals surface area contributed by atoms with E-state index in [1.165, 1.54) is 0 Å². The van der Waals surface area contributed by atoms with Crippen molar-refractivity contribution < 1.29 is 14.3 Å². The summed E-state index contributed by atoms with van der Waals surface area (Å²) >= 11 is 0. The molecule has 5 rings (SSSR count). The van der Waals surface area contributed by atoms with Gasteiger partial charge in [-0.05, 0) is 43.0 Å². The molecule has 8 heteroatoms. The molecule has 0 radical (unpaired) electrons. The molecule has 2 atom stereocenters. The van der Waals surface area contributed by atoms with Crippen molar-refractivity contribution in [3.05, 3.63) is 64.4 Å². The summed E-state index contributed by atoms with van der Waals surface area (Å²) in [6, 6.07) is 14.8. The van der Waals surface area contributed by atoms with Crippen molar-refractivity contribution in [3.63, 3.8) is 0 Å².